The molecule has 0 aliphatic rings. The first-order chi connectivity index (χ1) is 6.79. The smallest absolute Gasteiger partial charge is 0.0216 e. The van der Waals surface area contributed by atoms with Crippen LogP contribution < -0.4 is 0 Å². The van der Waals surface area contributed by atoms with E-state index in [0.717, 1.165) is 5.92 Å². The van der Waals surface area contributed by atoms with Crippen LogP contribution in [0.15, 0.2) is 0 Å². The molecule has 0 heteroatoms. The van der Waals surface area contributed by atoms with E-state index in [1.807, 2.05) is 0 Å². The molecule has 0 spiro atoms. The van der Waals surface area contributed by atoms with Gasteiger partial charge in [-0.15, -0.1) is 0 Å². The molecule has 0 rings (SSSR count). The molecule has 1 unspecified atom stereocenters. The summed E-state index contributed by atoms with van der Waals surface area (Å²) >= 11 is 0. The summed E-state index contributed by atoms with van der Waals surface area (Å²) in [6, 6.07) is 0. The first-order valence-electron chi connectivity index (χ1n) is 6.64. The zero-order valence-corrected chi connectivity index (χ0v) is 10.7. The Balaban J connectivity index is 3.65. The van der Waals surface area contributed by atoms with Gasteiger partial charge in [0.1, 0.15) is 0 Å². The third kappa shape index (κ3) is 5.67. The second-order valence-electron chi connectivity index (χ2n) is 4.32. The van der Waals surface area contributed by atoms with Crippen molar-refractivity contribution < 1.29 is 0 Å². The topological polar surface area (TPSA) is 0 Å². The number of hydrogen-bond acceptors (Lipinski definition) is 0. The van der Waals surface area contributed by atoms with Gasteiger partial charge in [0.2, 0.25) is 0 Å². The number of rotatable bonds is 9. The van der Waals surface area contributed by atoms with Gasteiger partial charge in [-0.25, -0.2) is 0 Å². The fraction of sp³-hybridized carbons (Fsp3) is 0.929. The van der Waals surface area contributed by atoms with Crippen molar-refractivity contribution in [3.63, 3.8) is 0 Å². The fourth-order valence-corrected chi connectivity index (χ4v) is 2.34. The quantitative estimate of drug-likeness (QED) is 0.435. The Bertz CT molecular complexity index is 103. The van der Waals surface area contributed by atoms with Crippen molar-refractivity contribution in [3.8, 4) is 0 Å². The Kier molecular flexibility index (Phi) is 9.55. The second kappa shape index (κ2) is 9.55. The molecule has 0 heterocycles. The van der Waals surface area contributed by atoms with E-state index in [9.17, 15) is 0 Å². The standard InChI is InChI=1S/C14H29/c1-5-9-10-11-12-14(8-4)13(6-2)7-3/h14H,5-12H2,1-4H3. The summed E-state index contributed by atoms with van der Waals surface area (Å²) in [5.74, 6) is 2.71. The van der Waals surface area contributed by atoms with Crippen molar-refractivity contribution in [1.82, 2.24) is 0 Å². The van der Waals surface area contributed by atoms with Crippen molar-refractivity contribution >= 4 is 0 Å². The molecule has 0 N–H and O–H groups in total. The van der Waals surface area contributed by atoms with E-state index in [1.54, 1.807) is 5.92 Å². The highest BCUT2D eigenvalue weighted by atomic mass is 14.2. The maximum Gasteiger partial charge on any atom is -0.0216 e. The van der Waals surface area contributed by atoms with Gasteiger partial charge in [-0.05, 0) is 31.1 Å². The molecule has 14 heavy (non-hydrogen) atoms. The van der Waals surface area contributed by atoms with Crippen molar-refractivity contribution in [2.75, 3.05) is 0 Å². The molecule has 85 valence electrons. The largest absolute Gasteiger partial charge is 0.0654 e. The third-order valence-electron chi connectivity index (χ3n) is 3.38. The highest BCUT2D eigenvalue weighted by molar-refractivity contribution is 4.93. The van der Waals surface area contributed by atoms with Crippen LogP contribution in [-0.4, -0.2) is 0 Å². The Morgan fingerprint density at radius 3 is 1.93 bits per heavy atom. The van der Waals surface area contributed by atoms with Crippen LogP contribution in [0.1, 0.15) is 79.1 Å². The average Bonchev–Trinajstić information content (AvgIpc) is 2.23. The minimum absolute atomic E-state index is 0.918. The van der Waals surface area contributed by atoms with Crippen LogP contribution in [0.2, 0.25) is 0 Å². The normalized spacial score (nSPS) is 13.5. The fourth-order valence-electron chi connectivity index (χ4n) is 2.34. The van der Waals surface area contributed by atoms with E-state index in [1.165, 1.54) is 51.4 Å². The van der Waals surface area contributed by atoms with Gasteiger partial charge in [0, 0.05) is 0 Å². The Hall–Kier alpha value is 0. The van der Waals surface area contributed by atoms with Crippen molar-refractivity contribution in [2.24, 2.45) is 5.92 Å². The minimum atomic E-state index is 0.918. The molecule has 0 aromatic heterocycles. The average molecular weight is 197 g/mol. The number of unbranched alkanes of at least 4 members (excludes halogenated alkanes) is 3. The zero-order valence-electron chi connectivity index (χ0n) is 10.7. The molecular formula is C14H29. The SMILES string of the molecule is CCCCCCC(CC)[C](CC)CC. The summed E-state index contributed by atoms with van der Waals surface area (Å²) in [4.78, 5) is 0. The van der Waals surface area contributed by atoms with Crippen LogP contribution in [0.25, 0.3) is 0 Å². The monoisotopic (exact) mass is 197 g/mol. The van der Waals surface area contributed by atoms with Crippen LogP contribution in [0.4, 0.5) is 0 Å². The van der Waals surface area contributed by atoms with Crippen molar-refractivity contribution in [2.45, 2.75) is 79.1 Å². The van der Waals surface area contributed by atoms with Gasteiger partial charge in [-0.2, -0.15) is 0 Å². The Morgan fingerprint density at radius 1 is 0.857 bits per heavy atom. The third-order valence-corrected chi connectivity index (χ3v) is 3.38. The summed E-state index contributed by atoms with van der Waals surface area (Å²) in [6.45, 7) is 9.25. The van der Waals surface area contributed by atoms with E-state index in [4.69, 9.17) is 0 Å². The van der Waals surface area contributed by atoms with Gasteiger partial charge >= 0.3 is 0 Å². The maximum atomic E-state index is 2.34. The summed E-state index contributed by atoms with van der Waals surface area (Å²) in [5, 5.41) is 0. The van der Waals surface area contributed by atoms with Gasteiger partial charge in [-0.1, -0.05) is 59.8 Å². The molecule has 1 radical (unpaired) electrons. The molecule has 0 saturated heterocycles. The lowest BCUT2D eigenvalue weighted by Gasteiger charge is -2.23. The number of hydrogen-bond donors (Lipinski definition) is 0. The lowest BCUT2D eigenvalue weighted by Crippen LogP contribution is -2.10. The van der Waals surface area contributed by atoms with Gasteiger partial charge in [-0.3, -0.25) is 0 Å². The zero-order chi connectivity index (χ0) is 10.8. The molecule has 0 fully saturated rings. The summed E-state index contributed by atoms with van der Waals surface area (Å²) in [6.07, 6.45) is 11.0. The van der Waals surface area contributed by atoms with Gasteiger partial charge in [0.15, 0.2) is 0 Å². The molecular weight excluding hydrogens is 168 g/mol. The minimum Gasteiger partial charge on any atom is -0.0654 e. The van der Waals surface area contributed by atoms with E-state index in [0.29, 0.717) is 0 Å². The molecule has 0 bridgehead atoms. The van der Waals surface area contributed by atoms with Crippen molar-refractivity contribution in [1.29, 1.82) is 0 Å². The van der Waals surface area contributed by atoms with Crippen LogP contribution in [-0.2, 0) is 0 Å². The van der Waals surface area contributed by atoms with Gasteiger partial charge < -0.3 is 0 Å². The Morgan fingerprint density at radius 2 is 1.50 bits per heavy atom. The van der Waals surface area contributed by atoms with E-state index in [-0.39, 0.29) is 0 Å². The van der Waals surface area contributed by atoms with Gasteiger partial charge in [0.05, 0.1) is 0 Å². The maximum absolute atomic E-state index is 2.34. The van der Waals surface area contributed by atoms with E-state index >= 15 is 0 Å². The molecule has 0 aliphatic carbocycles. The molecule has 0 nitrogen and oxygen atoms in total. The van der Waals surface area contributed by atoms with Crippen LogP contribution in [0.5, 0.6) is 0 Å². The molecule has 0 amide bonds. The van der Waals surface area contributed by atoms with Crippen LogP contribution in [0, 0.1) is 11.8 Å². The van der Waals surface area contributed by atoms with Gasteiger partial charge in [0.25, 0.3) is 0 Å². The highest BCUT2D eigenvalue weighted by Crippen LogP contribution is 2.29. The first kappa shape index (κ1) is 14.0. The molecule has 0 aromatic carbocycles. The lowest BCUT2D eigenvalue weighted by atomic mass is 9.82. The second-order valence-corrected chi connectivity index (χ2v) is 4.32. The lowest BCUT2D eigenvalue weighted by molar-refractivity contribution is 0.425. The van der Waals surface area contributed by atoms with E-state index in [2.05, 4.69) is 27.7 Å². The Labute approximate surface area is 91.5 Å². The van der Waals surface area contributed by atoms with Crippen molar-refractivity contribution in [3.05, 3.63) is 5.92 Å². The van der Waals surface area contributed by atoms with Crippen LogP contribution >= 0.6 is 0 Å². The molecule has 0 aliphatic heterocycles. The first-order valence-corrected chi connectivity index (χ1v) is 6.64. The van der Waals surface area contributed by atoms with E-state index < -0.39 is 0 Å². The van der Waals surface area contributed by atoms with Crippen LogP contribution in [0.3, 0.4) is 0 Å². The summed E-state index contributed by atoms with van der Waals surface area (Å²) in [5.41, 5.74) is 0. The summed E-state index contributed by atoms with van der Waals surface area (Å²) < 4.78 is 0. The predicted octanol–water partition coefficient (Wildman–Crippen LogP) is 5.38. The highest BCUT2D eigenvalue weighted by Gasteiger charge is 2.16. The predicted molar refractivity (Wildman–Crippen MR) is 66.4 cm³/mol. The summed E-state index contributed by atoms with van der Waals surface area (Å²) in [7, 11) is 0. The molecule has 0 aromatic rings. The molecule has 0 saturated carbocycles. The molecule has 1 atom stereocenters.